The van der Waals surface area contributed by atoms with Crippen molar-refractivity contribution in [2.24, 2.45) is 0 Å². The Morgan fingerprint density at radius 3 is 2.33 bits per heavy atom. The molecule has 0 spiro atoms. The van der Waals surface area contributed by atoms with Gasteiger partial charge in [-0.1, -0.05) is 30.3 Å². The molecular weight excluding hydrogens is 356 g/mol. The first-order chi connectivity index (χ1) is 12.9. The molecule has 9 nitrogen and oxygen atoms in total. The van der Waals surface area contributed by atoms with E-state index in [2.05, 4.69) is 14.8 Å². The minimum Gasteiger partial charge on any atom is -0.469 e. The fourth-order valence-electron chi connectivity index (χ4n) is 2.18. The Balaban J connectivity index is 2.50. The van der Waals surface area contributed by atoms with Gasteiger partial charge in [-0.25, -0.2) is 9.59 Å². The van der Waals surface area contributed by atoms with Gasteiger partial charge in [0.1, 0.15) is 19.2 Å². The second-order valence-electron chi connectivity index (χ2n) is 5.57. The molecule has 2 amide bonds. The third-order valence-electron chi connectivity index (χ3n) is 3.78. The monoisotopic (exact) mass is 380 g/mol. The lowest BCUT2D eigenvalue weighted by molar-refractivity contribution is -0.152. The Hall–Kier alpha value is -3.10. The molecule has 0 heterocycles. The number of hydrogen-bond acceptors (Lipinski definition) is 7. The number of carbonyl (C=O) groups is 4. The van der Waals surface area contributed by atoms with E-state index >= 15 is 0 Å². The molecule has 0 saturated heterocycles. The van der Waals surface area contributed by atoms with Crippen molar-refractivity contribution in [1.82, 2.24) is 10.2 Å². The number of rotatable bonds is 9. The molecule has 0 aliphatic heterocycles. The van der Waals surface area contributed by atoms with Gasteiger partial charge in [-0.3, -0.25) is 9.59 Å². The summed E-state index contributed by atoms with van der Waals surface area (Å²) in [5, 5.41) is 2.33. The molecule has 0 aromatic heterocycles. The van der Waals surface area contributed by atoms with Gasteiger partial charge in [0.2, 0.25) is 5.91 Å². The summed E-state index contributed by atoms with van der Waals surface area (Å²) in [7, 11) is 3.80. The number of likely N-dealkylation sites (N-methyl/N-ethyl adjacent to an activating group) is 1. The Morgan fingerprint density at radius 1 is 1.07 bits per heavy atom. The summed E-state index contributed by atoms with van der Waals surface area (Å²) in [5.41, 5.74) is 0.810. The lowest BCUT2D eigenvalue weighted by atomic mass is 10.1. The van der Waals surface area contributed by atoms with E-state index in [0.717, 1.165) is 10.5 Å². The number of carbonyl (C=O) groups excluding carboxylic acids is 4. The van der Waals surface area contributed by atoms with Gasteiger partial charge in [-0.05, 0) is 12.0 Å². The molecular formula is C18H24N2O7. The molecule has 9 heteroatoms. The number of methoxy groups -OCH3 is 2. The van der Waals surface area contributed by atoms with Crippen LogP contribution >= 0.6 is 0 Å². The van der Waals surface area contributed by atoms with Crippen molar-refractivity contribution in [2.75, 3.05) is 27.8 Å². The Kier molecular flexibility index (Phi) is 9.35. The SMILES string of the molecule is COC(=O)CCC(C(=O)OC)N(C)C(=O)CNC(=O)OCc1ccccc1. The minimum absolute atomic E-state index is 0.0417. The smallest absolute Gasteiger partial charge is 0.407 e. The minimum atomic E-state index is -0.969. The molecule has 148 valence electrons. The number of nitrogens with zero attached hydrogens (tertiary/aromatic N) is 1. The molecule has 0 fully saturated rings. The van der Waals surface area contributed by atoms with Crippen LogP contribution in [-0.2, 0) is 35.2 Å². The predicted octanol–water partition coefficient (Wildman–Crippen LogP) is 0.866. The van der Waals surface area contributed by atoms with Crippen LogP contribution in [0.3, 0.4) is 0 Å². The highest BCUT2D eigenvalue weighted by atomic mass is 16.5. The fourth-order valence-corrected chi connectivity index (χ4v) is 2.18. The molecule has 1 unspecified atom stereocenters. The lowest BCUT2D eigenvalue weighted by Crippen LogP contribution is -2.47. The molecule has 27 heavy (non-hydrogen) atoms. The maximum absolute atomic E-state index is 12.2. The van der Waals surface area contributed by atoms with Crippen molar-refractivity contribution in [2.45, 2.75) is 25.5 Å². The van der Waals surface area contributed by atoms with Crippen LogP contribution in [0.5, 0.6) is 0 Å². The van der Waals surface area contributed by atoms with Crippen LogP contribution in [-0.4, -0.2) is 62.7 Å². The summed E-state index contributed by atoms with van der Waals surface area (Å²) < 4.78 is 14.2. The zero-order chi connectivity index (χ0) is 20.2. The van der Waals surface area contributed by atoms with Crippen molar-refractivity contribution in [3.05, 3.63) is 35.9 Å². The number of hydrogen-bond donors (Lipinski definition) is 1. The van der Waals surface area contributed by atoms with E-state index in [1.165, 1.54) is 21.3 Å². The quantitative estimate of drug-likeness (QED) is 0.500. The largest absolute Gasteiger partial charge is 0.469 e. The van der Waals surface area contributed by atoms with Gasteiger partial charge in [0.25, 0.3) is 0 Å². The zero-order valence-electron chi connectivity index (χ0n) is 15.6. The molecule has 0 saturated carbocycles. The van der Waals surface area contributed by atoms with E-state index in [9.17, 15) is 19.2 Å². The van der Waals surface area contributed by atoms with Gasteiger partial charge >= 0.3 is 18.0 Å². The average molecular weight is 380 g/mol. The van der Waals surface area contributed by atoms with E-state index < -0.39 is 30.0 Å². The van der Waals surface area contributed by atoms with Gasteiger partial charge in [0.15, 0.2) is 0 Å². The van der Waals surface area contributed by atoms with Crippen LogP contribution in [0.4, 0.5) is 4.79 Å². The zero-order valence-corrected chi connectivity index (χ0v) is 15.6. The topological polar surface area (TPSA) is 111 Å². The van der Waals surface area contributed by atoms with Gasteiger partial charge in [0, 0.05) is 13.5 Å². The molecule has 0 aliphatic carbocycles. The lowest BCUT2D eigenvalue weighted by Gasteiger charge is -2.25. The highest BCUT2D eigenvalue weighted by Crippen LogP contribution is 2.09. The number of amides is 2. The first-order valence-electron chi connectivity index (χ1n) is 8.23. The fraction of sp³-hybridized carbons (Fsp3) is 0.444. The summed E-state index contributed by atoms with van der Waals surface area (Å²) >= 11 is 0. The van der Waals surface area contributed by atoms with Crippen LogP contribution in [0.25, 0.3) is 0 Å². The van der Waals surface area contributed by atoms with Gasteiger partial charge in [-0.15, -0.1) is 0 Å². The average Bonchev–Trinajstić information content (AvgIpc) is 2.70. The Morgan fingerprint density at radius 2 is 1.74 bits per heavy atom. The normalized spacial score (nSPS) is 11.1. The van der Waals surface area contributed by atoms with Gasteiger partial charge in [-0.2, -0.15) is 0 Å². The highest BCUT2D eigenvalue weighted by molar-refractivity contribution is 5.87. The van der Waals surface area contributed by atoms with Gasteiger partial charge in [0.05, 0.1) is 14.2 Å². The van der Waals surface area contributed by atoms with Crippen molar-refractivity contribution in [3.63, 3.8) is 0 Å². The highest BCUT2D eigenvalue weighted by Gasteiger charge is 2.28. The Bertz CT molecular complexity index is 648. The number of benzene rings is 1. The molecule has 1 aromatic rings. The van der Waals surface area contributed by atoms with Crippen LogP contribution < -0.4 is 5.32 Å². The summed E-state index contributed by atoms with van der Waals surface area (Å²) in [6, 6.07) is 8.11. The molecule has 1 aromatic carbocycles. The number of nitrogens with one attached hydrogen (secondary N) is 1. The van der Waals surface area contributed by atoms with E-state index in [1.807, 2.05) is 18.2 Å². The van der Waals surface area contributed by atoms with Crippen LogP contribution in [0.2, 0.25) is 0 Å². The predicted molar refractivity (Wildman–Crippen MR) is 94.5 cm³/mol. The van der Waals surface area contributed by atoms with Gasteiger partial charge < -0.3 is 24.4 Å². The second-order valence-corrected chi connectivity index (χ2v) is 5.57. The van der Waals surface area contributed by atoms with Crippen molar-refractivity contribution in [3.8, 4) is 0 Å². The molecule has 1 N–H and O–H groups in total. The molecule has 1 atom stereocenters. The summed E-state index contributed by atoms with van der Waals surface area (Å²) in [6.45, 7) is -0.295. The van der Waals surface area contributed by atoms with E-state index in [4.69, 9.17) is 4.74 Å². The molecule has 0 aliphatic rings. The number of alkyl carbamates (subject to hydrolysis) is 1. The van der Waals surface area contributed by atoms with E-state index in [1.54, 1.807) is 12.1 Å². The second kappa shape index (κ2) is 11.5. The number of ether oxygens (including phenoxy) is 3. The standard InChI is InChI=1S/C18H24N2O7/c1-20(14(17(23)26-3)9-10-16(22)25-2)15(21)11-19-18(24)27-12-13-7-5-4-6-8-13/h4-8,14H,9-12H2,1-3H3,(H,19,24). The molecule has 1 rings (SSSR count). The first-order valence-corrected chi connectivity index (χ1v) is 8.23. The van der Waals surface area contributed by atoms with E-state index in [0.29, 0.717) is 0 Å². The van der Waals surface area contributed by atoms with E-state index in [-0.39, 0.29) is 26.0 Å². The Labute approximate surface area is 157 Å². The van der Waals surface area contributed by atoms with Crippen molar-refractivity contribution in [1.29, 1.82) is 0 Å². The molecule has 0 bridgehead atoms. The molecule has 0 radical (unpaired) electrons. The van der Waals surface area contributed by atoms with Crippen LogP contribution in [0.15, 0.2) is 30.3 Å². The van der Waals surface area contributed by atoms with Crippen molar-refractivity contribution < 1.29 is 33.4 Å². The summed E-state index contributed by atoms with van der Waals surface area (Å²) in [4.78, 5) is 48.2. The maximum atomic E-state index is 12.2. The summed E-state index contributed by atoms with van der Waals surface area (Å²) in [6.07, 6.45) is -0.773. The van der Waals surface area contributed by atoms with Crippen molar-refractivity contribution >= 4 is 23.9 Å². The number of esters is 2. The third-order valence-corrected chi connectivity index (χ3v) is 3.78. The first kappa shape index (κ1) is 21.9. The maximum Gasteiger partial charge on any atom is 0.407 e. The third kappa shape index (κ3) is 7.76. The van der Waals surface area contributed by atoms with Crippen LogP contribution in [0, 0.1) is 0 Å². The van der Waals surface area contributed by atoms with Crippen LogP contribution in [0.1, 0.15) is 18.4 Å². The summed E-state index contributed by atoms with van der Waals surface area (Å²) in [5.74, 6) is -1.71.